The number of likely N-dealkylation sites (tertiary alicyclic amines) is 1. The molecule has 0 saturated carbocycles. The van der Waals surface area contributed by atoms with Gasteiger partial charge < -0.3 is 19.4 Å². The minimum absolute atomic E-state index is 0.187. The van der Waals surface area contributed by atoms with E-state index in [4.69, 9.17) is 9.47 Å². The van der Waals surface area contributed by atoms with Crippen molar-refractivity contribution in [3.8, 4) is 11.5 Å². The molecule has 1 fully saturated rings. The summed E-state index contributed by atoms with van der Waals surface area (Å²) < 4.78 is 10.6. The van der Waals surface area contributed by atoms with Crippen LogP contribution < -0.4 is 9.47 Å². The van der Waals surface area contributed by atoms with Crippen molar-refractivity contribution in [2.45, 2.75) is 31.7 Å². The second-order valence-corrected chi connectivity index (χ2v) is 6.09. The van der Waals surface area contributed by atoms with E-state index < -0.39 is 0 Å². The zero-order chi connectivity index (χ0) is 16.9. The first kappa shape index (κ1) is 16.4. The van der Waals surface area contributed by atoms with E-state index >= 15 is 0 Å². The smallest absolute Gasteiger partial charge is 0.223 e. The van der Waals surface area contributed by atoms with Crippen LogP contribution in [0.3, 0.4) is 0 Å². The summed E-state index contributed by atoms with van der Waals surface area (Å²) in [5.41, 5.74) is 2.18. The number of nitrogens with one attached hydrogen (secondary N) is 1. The molecule has 2 aromatic rings. The molecule has 3 rings (SSSR count). The maximum atomic E-state index is 12.7. The first-order valence-electron chi connectivity index (χ1n) is 8.36. The van der Waals surface area contributed by atoms with Crippen LogP contribution in [0.4, 0.5) is 0 Å². The molecule has 128 valence electrons. The van der Waals surface area contributed by atoms with Crippen LogP contribution in [0.1, 0.15) is 36.6 Å². The number of H-pyrrole nitrogens is 1. The lowest BCUT2D eigenvalue weighted by Crippen LogP contribution is -2.30. The molecule has 24 heavy (non-hydrogen) atoms. The number of carbonyl (C=O) groups excluding carboxylic acids is 1. The summed E-state index contributed by atoms with van der Waals surface area (Å²) in [4.78, 5) is 17.9. The van der Waals surface area contributed by atoms with Crippen molar-refractivity contribution in [2.75, 3.05) is 20.8 Å². The third-order valence-electron chi connectivity index (χ3n) is 4.59. The number of ether oxygens (including phenoxy) is 2. The van der Waals surface area contributed by atoms with Gasteiger partial charge in [0.1, 0.15) is 11.5 Å². The Morgan fingerprint density at radius 2 is 2.00 bits per heavy atom. The second kappa shape index (κ2) is 7.43. The molecule has 1 aromatic heterocycles. The van der Waals surface area contributed by atoms with Gasteiger partial charge in [0, 0.05) is 30.9 Å². The maximum absolute atomic E-state index is 12.7. The Morgan fingerprint density at radius 3 is 2.62 bits per heavy atom. The van der Waals surface area contributed by atoms with Gasteiger partial charge in [-0.05, 0) is 49.1 Å². The fraction of sp³-hybridized carbons (Fsp3) is 0.421. The Hall–Kier alpha value is -2.43. The Bertz CT molecular complexity index is 660. The number of aromatic amines is 1. The Labute approximate surface area is 142 Å². The van der Waals surface area contributed by atoms with E-state index in [1.165, 1.54) is 0 Å². The number of rotatable bonds is 6. The molecule has 1 N–H and O–H groups in total. The molecule has 1 saturated heterocycles. The van der Waals surface area contributed by atoms with Gasteiger partial charge in [-0.25, -0.2) is 0 Å². The fourth-order valence-electron chi connectivity index (χ4n) is 3.35. The molecule has 1 aromatic carbocycles. The first-order valence-corrected chi connectivity index (χ1v) is 8.36. The first-order chi connectivity index (χ1) is 11.7. The summed E-state index contributed by atoms with van der Waals surface area (Å²) in [5.74, 6) is 1.71. The Kier molecular flexibility index (Phi) is 5.08. The van der Waals surface area contributed by atoms with Crippen LogP contribution in [0.25, 0.3) is 0 Å². The average Bonchev–Trinajstić information content (AvgIpc) is 3.29. The standard InChI is InChI=1S/C19H24N2O3/c1-23-15-11-14(12-16(13-15)24-2)7-8-19(22)21-10-4-6-18(21)17-5-3-9-20-17/h3,5,9,11-13,18,20H,4,6-8,10H2,1-2H3/t18-/m0/s1. The van der Waals surface area contributed by atoms with Gasteiger partial charge in [-0.3, -0.25) is 4.79 Å². The number of hydrogen-bond acceptors (Lipinski definition) is 3. The average molecular weight is 328 g/mol. The number of aromatic nitrogens is 1. The van der Waals surface area contributed by atoms with E-state index in [9.17, 15) is 4.79 Å². The molecule has 0 aliphatic carbocycles. The van der Waals surface area contributed by atoms with Crippen LogP contribution in [-0.4, -0.2) is 36.6 Å². The van der Waals surface area contributed by atoms with Crippen LogP contribution >= 0.6 is 0 Å². The summed E-state index contributed by atoms with van der Waals surface area (Å²) in [6.45, 7) is 0.837. The van der Waals surface area contributed by atoms with E-state index in [-0.39, 0.29) is 11.9 Å². The van der Waals surface area contributed by atoms with Crippen LogP contribution in [0.5, 0.6) is 11.5 Å². The van der Waals surface area contributed by atoms with Gasteiger partial charge in [0.25, 0.3) is 0 Å². The van der Waals surface area contributed by atoms with Crippen LogP contribution in [-0.2, 0) is 11.2 Å². The Balaban J connectivity index is 1.65. The van der Waals surface area contributed by atoms with E-state index in [0.717, 1.165) is 42.1 Å². The van der Waals surface area contributed by atoms with Gasteiger partial charge in [0.05, 0.1) is 20.3 Å². The Morgan fingerprint density at radius 1 is 1.25 bits per heavy atom. The summed E-state index contributed by atoms with van der Waals surface area (Å²) in [7, 11) is 3.27. The zero-order valence-electron chi connectivity index (χ0n) is 14.2. The quantitative estimate of drug-likeness (QED) is 0.885. The number of aryl methyl sites for hydroxylation is 1. The molecule has 0 spiro atoms. The monoisotopic (exact) mass is 328 g/mol. The van der Waals surface area contributed by atoms with Crippen LogP contribution in [0.15, 0.2) is 36.5 Å². The van der Waals surface area contributed by atoms with Crippen molar-refractivity contribution >= 4 is 5.91 Å². The predicted octanol–water partition coefficient (Wildman–Crippen LogP) is 3.33. The molecule has 1 amide bonds. The number of carbonyl (C=O) groups is 1. The fourth-order valence-corrected chi connectivity index (χ4v) is 3.35. The van der Waals surface area contributed by atoms with E-state index in [1.54, 1.807) is 14.2 Å². The number of nitrogens with zero attached hydrogens (tertiary/aromatic N) is 1. The number of amides is 1. The highest BCUT2D eigenvalue weighted by atomic mass is 16.5. The topological polar surface area (TPSA) is 54.6 Å². The maximum Gasteiger partial charge on any atom is 0.223 e. The summed E-state index contributed by atoms with van der Waals surface area (Å²) in [5, 5.41) is 0. The summed E-state index contributed by atoms with van der Waals surface area (Å²) in [6, 6.07) is 9.99. The molecule has 1 aliphatic heterocycles. The van der Waals surface area contributed by atoms with Crippen molar-refractivity contribution in [3.05, 3.63) is 47.8 Å². The van der Waals surface area contributed by atoms with Crippen LogP contribution in [0.2, 0.25) is 0 Å². The third-order valence-corrected chi connectivity index (χ3v) is 4.59. The van der Waals surface area contributed by atoms with E-state index in [2.05, 4.69) is 11.1 Å². The van der Waals surface area contributed by atoms with Crippen molar-refractivity contribution in [1.82, 2.24) is 9.88 Å². The number of hydrogen-bond donors (Lipinski definition) is 1. The lowest BCUT2D eigenvalue weighted by molar-refractivity contribution is -0.132. The highest BCUT2D eigenvalue weighted by Crippen LogP contribution is 2.31. The highest BCUT2D eigenvalue weighted by molar-refractivity contribution is 5.77. The third kappa shape index (κ3) is 3.55. The molecule has 1 atom stereocenters. The summed E-state index contributed by atoms with van der Waals surface area (Å²) in [6.07, 6.45) is 5.17. The van der Waals surface area contributed by atoms with Gasteiger partial charge in [0.15, 0.2) is 0 Å². The number of benzene rings is 1. The molecule has 0 radical (unpaired) electrons. The zero-order valence-corrected chi connectivity index (χ0v) is 14.2. The molecule has 0 unspecified atom stereocenters. The van der Waals surface area contributed by atoms with E-state index in [1.807, 2.05) is 35.4 Å². The second-order valence-electron chi connectivity index (χ2n) is 6.09. The van der Waals surface area contributed by atoms with Gasteiger partial charge in [-0.2, -0.15) is 0 Å². The molecule has 1 aliphatic rings. The molecule has 5 heteroatoms. The minimum atomic E-state index is 0.187. The van der Waals surface area contributed by atoms with Gasteiger partial charge in [0.2, 0.25) is 5.91 Å². The van der Waals surface area contributed by atoms with Crippen molar-refractivity contribution in [2.24, 2.45) is 0 Å². The normalized spacial score (nSPS) is 17.1. The van der Waals surface area contributed by atoms with Crippen LogP contribution in [0, 0.1) is 0 Å². The molecule has 2 heterocycles. The SMILES string of the molecule is COc1cc(CCC(=O)N2CCC[C@H]2c2ccc[nH]2)cc(OC)c1. The molecule has 5 nitrogen and oxygen atoms in total. The van der Waals surface area contributed by atoms with Gasteiger partial charge >= 0.3 is 0 Å². The highest BCUT2D eigenvalue weighted by Gasteiger charge is 2.30. The van der Waals surface area contributed by atoms with E-state index in [0.29, 0.717) is 12.8 Å². The van der Waals surface area contributed by atoms with Gasteiger partial charge in [-0.1, -0.05) is 0 Å². The largest absolute Gasteiger partial charge is 0.497 e. The van der Waals surface area contributed by atoms with Crippen molar-refractivity contribution < 1.29 is 14.3 Å². The minimum Gasteiger partial charge on any atom is -0.497 e. The predicted molar refractivity (Wildman–Crippen MR) is 92.3 cm³/mol. The van der Waals surface area contributed by atoms with Crippen molar-refractivity contribution in [1.29, 1.82) is 0 Å². The molecular weight excluding hydrogens is 304 g/mol. The summed E-state index contributed by atoms with van der Waals surface area (Å²) >= 11 is 0. The molecular formula is C19H24N2O3. The molecule has 0 bridgehead atoms. The lowest BCUT2D eigenvalue weighted by atomic mass is 10.1. The lowest BCUT2D eigenvalue weighted by Gasteiger charge is -2.24. The van der Waals surface area contributed by atoms with Gasteiger partial charge in [-0.15, -0.1) is 0 Å². The number of methoxy groups -OCH3 is 2. The van der Waals surface area contributed by atoms with Crippen molar-refractivity contribution in [3.63, 3.8) is 0 Å².